The number of amides is 1. The van der Waals surface area contributed by atoms with E-state index in [9.17, 15) is 4.79 Å². The average molecular weight is 328 g/mol. The number of aromatic nitrogens is 1. The molecule has 1 amide bonds. The van der Waals surface area contributed by atoms with Crippen LogP contribution < -0.4 is 0 Å². The number of unbranched alkanes of at least 4 members (excludes halogenated alkanes) is 5. The lowest BCUT2D eigenvalue weighted by Gasteiger charge is -2.22. The molecule has 0 unspecified atom stereocenters. The van der Waals surface area contributed by atoms with Crippen LogP contribution in [-0.2, 0) is 6.54 Å². The van der Waals surface area contributed by atoms with Gasteiger partial charge >= 0.3 is 0 Å². The van der Waals surface area contributed by atoms with E-state index in [1.807, 2.05) is 23.1 Å². The molecule has 4 nitrogen and oxygen atoms in total. The molecule has 130 valence electrons. The summed E-state index contributed by atoms with van der Waals surface area (Å²) in [7, 11) is 0. The molecule has 2 rings (SSSR count). The maximum atomic E-state index is 12.7. The van der Waals surface area contributed by atoms with E-state index in [1.165, 1.54) is 25.7 Å². The Balaban J connectivity index is 1.94. The Morgan fingerprint density at radius 2 is 1.79 bits per heavy atom. The predicted molar refractivity (Wildman–Crippen MR) is 95.8 cm³/mol. The van der Waals surface area contributed by atoms with Gasteiger partial charge in [0.25, 0.3) is 5.91 Å². The summed E-state index contributed by atoms with van der Waals surface area (Å²) in [6, 6.07) is 11.8. The molecule has 0 fully saturated rings. The molecule has 4 heteroatoms. The van der Waals surface area contributed by atoms with E-state index in [-0.39, 0.29) is 5.91 Å². The molecule has 0 saturated heterocycles. The second-order valence-electron chi connectivity index (χ2n) is 6.30. The van der Waals surface area contributed by atoms with E-state index in [2.05, 4.69) is 24.2 Å². The molecule has 0 bridgehead atoms. The first-order valence-corrected chi connectivity index (χ1v) is 8.97. The third-order valence-corrected chi connectivity index (χ3v) is 4.13. The first-order valence-electron chi connectivity index (χ1n) is 8.97. The van der Waals surface area contributed by atoms with E-state index < -0.39 is 0 Å². The van der Waals surface area contributed by atoms with Crippen molar-refractivity contribution in [3.63, 3.8) is 0 Å². The van der Waals surface area contributed by atoms with Gasteiger partial charge in [-0.2, -0.15) is 0 Å². The smallest absolute Gasteiger partial charge is 0.276 e. The van der Waals surface area contributed by atoms with Gasteiger partial charge in [-0.25, -0.2) is 0 Å². The quantitative estimate of drug-likeness (QED) is 0.577. The molecule has 1 aromatic heterocycles. The molecule has 24 heavy (non-hydrogen) atoms. The summed E-state index contributed by atoms with van der Waals surface area (Å²) in [6.45, 7) is 5.39. The van der Waals surface area contributed by atoms with Crippen molar-refractivity contribution in [3.05, 3.63) is 53.4 Å². The average Bonchev–Trinajstić information content (AvgIpc) is 3.03. The van der Waals surface area contributed by atoms with Gasteiger partial charge in [-0.3, -0.25) is 4.79 Å². The van der Waals surface area contributed by atoms with Crippen LogP contribution in [0.15, 0.2) is 40.9 Å². The molecular formula is C20H28N2O2. The third kappa shape index (κ3) is 5.84. The Kier molecular flexibility index (Phi) is 7.53. The minimum atomic E-state index is -0.0516. The SMILES string of the molecule is CCCCCCCCN(Cc1ccccc1)C(=O)c1cc(C)on1. The second kappa shape index (κ2) is 9.91. The van der Waals surface area contributed by atoms with Crippen molar-refractivity contribution in [2.75, 3.05) is 6.54 Å². The Bertz CT molecular complexity index is 607. The van der Waals surface area contributed by atoms with Crippen molar-refractivity contribution in [2.45, 2.75) is 58.9 Å². The highest BCUT2D eigenvalue weighted by Crippen LogP contribution is 2.13. The Morgan fingerprint density at radius 1 is 1.08 bits per heavy atom. The fourth-order valence-corrected chi connectivity index (χ4v) is 2.77. The molecule has 0 saturated carbocycles. The largest absolute Gasteiger partial charge is 0.361 e. The molecule has 0 aliphatic heterocycles. The highest BCUT2D eigenvalue weighted by atomic mass is 16.5. The van der Waals surface area contributed by atoms with Crippen molar-refractivity contribution in [1.82, 2.24) is 10.1 Å². The highest BCUT2D eigenvalue weighted by Gasteiger charge is 2.19. The van der Waals surface area contributed by atoms with Crippen LogP contribution in [0.4, 0.5) is 0 Å². The topological polar surface area (TPSA) is 46.3 Å². The summed E-state index contributed by atoms with van der Waals surface area (Å²) in [6.07, 6.45) is 7.26. The Morgan fingerprint density at radius 3 is 2.46 bits per heavy atom. The first kappa shape index (κ1) is 18.2. The van der Waals surface area contributed by atoms with E-state index in [0.717, 1.165) is 24.9 Å². The van der Waals surface area contributed by atoms with Crippen LogP contribution in [0, 0.1) is 6.92 Å². The van der Waals surface area contributed by atoms with Gasteiger partial charge in [0, 0.05) is 19.2 Å². The standard InChI is InChI=1S/C20H28N2O2/c1-3-4-5-6-7-11-14-22(16-18-12-9-8-10-13-18)20(23)19-15-17(2)24-21-19/h8-10,12-13,15H,3-7,11,14,16H2,1-2H3. The van der Waals surface area contributed by atoms with Crippen molar-refractivity contribution >= 4 is 5.91 Å². The van der Waals surface area contributed by atoms with Gasteiger partial charge in [-0.1, -0.05) is 74.5 Å². The number of aryl methyl sites for hydroxylation is 1. The minimum Gasteiger partial charge on any atom is -0.361 e. The van der Waals surface area contributed by atoms with Crippen LogP contribution in [0.3, 0.4) is 0 Å². The zero-order chi connectivity index (χ0) is 17.2. The number of nitrogens with zero attached hydrogens (tertiary/aromatic N) is 2. The molecule has 0 atom stereocenters. The lowest BCUT2D eigenvalue weighted by Crippen LogP contribution is -2.31. The lowest BCUT2D eigenvalue weighted by atomic mass is 10.1. The minimum absolute atomic E-state index is 0.0516. The Labute approximate surface area is 144 Å². The van der Waals surface area contributed by atoms with Crippen molar-refractivity contribution in [2.24, 2.45) is 0 Å². The number of hydrogen-bond acceptors (Lipinski definition) is 3. The summed E-state index contributed by atoms with van der Waals surface area (Å²) < 4.78 is 5.06. The van der Waals surface area contributed by atoms with E-state index >= 15 is 0 Å². The molecule has 0 radical (unpaired) electrons. The summed E-state index contributed by atoms with van der Waals surface area (Å²) in [5.74, 6) is 0.613. The second-order valence-corrected chi connectivity index (χ2v) is 6.30. The van der Waals surface area contributed by atoms with E-state index in [0.29, 0.717) is 18.0 Å². The number of hydrogen-bond donors (Lipinski definition) is 0. The van der Waals surface area contributed by atoms with Crippen LogP contribution >= 0.6 is 0 Å². The van der Waals surface area contributed by atoms with Crippen molar-refractivity contribution < 1.29 is 9.32 Å². The summed E-state index contributed by atoms with van der Waals surface area (Å²) in [5, 5.41) is 3.88. The molecule has 1 heterocycles. The summed E-state index contributed by atoms with van der Waals surface area (Å²) in [5.41, 5.74) is 1.53. The van der Waals surface area contributed by atoms with Crippen LogP contribution in [0.25, 0.3) is 0 Å². The van der Waals surface area contributed by atoms with Crippen LogP contribution in [0.5, 0.6) is 0 Å². The van der Waals surface area contributed by atoms with Crippen LogP contribution in [-0.4, -0.2) is 22.5 Å². The van der Waals surface area contributed by atoms with Gasteiger partial charge in [0.2, 0.25) is 0 Å². The number of carbonyl (C=O) groups excluding carboxylic acids is 1. The van der Waals surface area contributed by atoms with Gasteiger partial charge in [-0.15, -0.1) is 0 Å². The van der Waals surface area contributed by atoms with Crippen molar-refractivity contribution in [1.29, 1.82) is 0 Å². The van der Waals surface area contributed by atoms with Gasteiger partial charge in [0.05, 0.1) is 0 Å². The highest BCUT2D eigenvalue weighted by molar-refractivity contribution is 5.92. The molecular weight excluding hydrogens is 300 g/mol. The molecule has 2 aromatic rings. The van der Waals surface area contributed by atoms with Gasteiger partial charge < -0.3 is 9.42 Å². The molecule has 0 spiro atoms. The third-order valence-electron chi connectivity index (χ3n) is 4.13. The Hall–Kier alpha value is -2.10. The number of carbonyl (C=O) groups is 1. The van der Waals surface area contributed by atoms with E-state index in [1.54, 1.807) is 13.0 Å². The van der Waals surface area contributed by atoms with Gasteiger partial charge in [-0.05, 0) is 18.9 Å². The van der Waals surface area contributed by atoms with Crippen LogP contribution in [0.2, 0.25) is 0 Å². The number of rotatable bonds is 10. The first-order chi connectivity index (χ1) is 11.7. The maximum absolute atomic E-state index is 12.7. The number of benzene rings is 1. The zero-order valence-corrected chi connectivity index (χ0v) is 14.8. The lowest BCUT2D eigenvalue weighted by molar-refractivity contribution is 0.0729. The molecule has 0 aliphatic rings. The molecule has 0 aliphatic carbocycles. The summed E-state index contributed by atoms with van der Waals surface area (Å²) in [4.78, 5) is 14.6. The van der Waals surface area contributed by atoms with Crippen LogP contribution in [0.1, 0.15) is 67.3 Å². The predicted octanol–water partition coefficient (Wildman–Crippen LogP) is 4.99. The normalized spacial score (nSPS) is 10.8. The molecule has 0 N–H and O–H groups in total. The fraction of sp³-hybridized carbons (Fsp3) is 0.500. The summed E-state index contributed by atoms with van der Waals surface area (Å²) >= 11 is 0. The maximum Gasteiger partial charge on any atom is 0.276 e. The van der Waals surface area contributed by atoms with Crippen molar-refractivity contribution in [3.8, 4) is 0 Å². The van der Waals surface area contributed by atoms with E-state index in [4.69, 9.17) is 4.52 Å². The van der Waals surface area contributed by atoms with Gasteiger partial charge in [0.1, 0.15) is 5.76 Å². The zero-order valence-electron chi connectivity index (χ0n) is 14.8. The fourth-order valence-electron chi connectivity index (χ4n) is 2.77. The molecule has 1 aromatic carbocycles. The monoisotopic (exact) mass is 328 g/mol. The van der Waals surface area contributed by atoms with Gasteiger partial charge in [0.15, 0.2) is 5.69 Å².